The van der Waals surface area contributed by atoms with Crippen LogP contribution in [0.4, 0.5) is 0 Å². The fourth-order valence-corrected chi connectivity index (χ4v) is 1.31. The first kappa shape index (κ1) is 10.5. The fraction of sp³-hybridized carbons (Fsp3) is 0.900. The zero-order valence-electron chi connectivity index (χ0n) is 7.77. The molecule has 0 unspecified atom stereocenters. The Morgan fingerprint density at radius 1 is 1.27 bits per heavy atom. The van der Waals surface area contributed by atoms with Crippen LogP contribution < -0.4 is 0 Å². The molecule has 0 N–H and O–H groups in total. The van der Waals surface area contributed by atoms with Crippen molar-refractivity contribution in [3.63, 3.8) is 0 Å². The molecule has 11 heavy (non-hydrogen) atoms. The first-order valence-corrected chi connectivity index (χ1v) is 4.68. The Bertz CT molecular complexity index is 107. The third-order valence-corrected chi connectivity index (χ3v) is 2.05. The molecule has 0 saturated heterocycles. The highest BCUT2D eigenvalue weighted by Gasteiger charge is 2.05. The highest BCUT2D eigenvalue weighted by Crippen LogP contribution is 2.21. The van der Waals surface area contributed by atoms with Gasteiger partial charge in [0.1, 0.15) is 0 Å². The summed E-state index contributed by atoms with van der Waals surface area (Å²) in [6.45, 7) is 4.18. The number of hydrogen-bond acceptors (Lipinski definition) is 1. The van der Waals surface area contributed by atoms with Crippen molar-refractivity contribution in [2.24, 2.45) is 5.92 Å². The van der Waals surface area contributed by atoms with Crippen LogP contribution in [0.5, 0.6) is 0 Å². The predicted molar refractivity (Wildman–Crippen MR) is 48.2 cm³/mol. The van der Waals surface area contributed by atoms with Crippen molar-refractivity contribution in [1.29, 1.82) is 5.26 Å². The van der Waals surface area contributed by atoms with E-state index in [0.29, 0.717) is 6.42 Å². The first-order valence-electron chi connectivity index (χ1n) is 4.68. The van der Waals surface area contributed by atoms with E-state index in [9.17, 15) is 0 Å². The first-order chi connectivity index (χ1) is 5.31. The second-order valence-electron chi connectivity index (χ2n) is 3.25. The summed E-state index contributed by atoms with van der Waals surface area (Å²) in [5, 5.41) is 7.62. The van der Waals surface area contributed by atoms with Gasteiger partial charge in [-0.1, -0.05) is 46.0 Å². The summed E-state index contributed by atoms with van der Waals surface area (Å²) in [5.41, 5.74) is 0. The number of rotatable bonds is 0. The maximum absolute atomic E-state index is 7.62. The lowest BCUT2D eigenvalue weighted by Crippen LogP contribution is -1.99. The molecule has 1 aliphatic carbocycles. The third-order valence-electron chi connectivity index (χ3n) is 2.05. The average molecular weight is 153 g/mol. The molecule has 1 nitrogen and oxygen atoms in total. The Hall–Kier alpha value is -0.510. The van der Waals surface area contributed by atoms with Crippen LogP contribution >= 0.6 is 0 Å². The molecule has 1 rings (SSSR count). The monoisotopic (exact) mass is 153 g/mol. The van der Waals surface area contributed by atoms with E-state index < -0.39 is 0 Å². The summed E-state index contributed by atoms with van der Waals surface area (Å²) in [4.78, 5) is 0. The van der Waals surface area contributed by atoms with Crippen LogP contribution in [-0.4, -0.2) is 0 Å². The van der Waals surface area contributed by atoms with Gasteiger partial charge in [-0.3, -0.25) is 0 Å². The third kappa shape index (κ3) is 7.39. The van der Waals surface area contributed by atoms with Gasteiger partial charge in [0, 0.05) is 6.42 Å². The van der Waals surface area contributed by atoms with Crippen LogP contribution in [-0.2, 0) is 0 Å². The van der Waals surface area contributed by atoms with Crippen LogP contribution in [0, 0.1) is 17.2 Å². The molecule has 0 spiro atoms. The number of nitriles is 1. The molecule has 1 heteroatoms. The quantitative estimate of drug-likeness (QED) is 0.522. The Labute approximate surface area is 70.4 Å². The topological polar surface area (TPSA) is 23.8 Å². The molecule has 1 saturated carbocycles. The molecule has 1 fully saturated rings. The van der Waals surface area contributed by atoms with E-state index in [-0.39, 0.29) is 0 Å². The lowest BCUT2D eigenvalue weighted by atomic mass is 9.91. The average Bonchev–Trinajstić information content (AvgIpc) is 2.07. The van der Waals surface area contributed by atoms with E-state index in [2.05, 4.69) is 6.92 Å². The maximum Gasteiger partial charge on any atom is 0.0618 e. The Kier molecular flexibility index (Phi) is 7.24. The van der Waals surface area contributed by atoms with Gasteiger partial charge < -0.3 is 0 Å². The van der Waals surface area contributed by atoms with E-state index >= 15 is 0 Å². The summed E-state index contributed by atoms with van der Waals surface area (Å²) in [6, 6.07) is 1.93. The van der Waals surface area contributed by atoms with Crippen molar-refractivity contribution in [3.05, 3.63) is 0 Å². The molecule has 64 valence electrons. The van der Waals surface area contributed by atoms with Crippen LogP contribution in [0.1, 0.15) is 52.4 Å². The molecule has 0 amide bonds. The van der Waals surface area contributed by atoms with Gasteiger partial charge in [0.2, 0.25) is 0 Å². The molecule has 0 radical (unpaired) electrons. The molecular weight excluding hydrogens is 134 g/mol. The second kappa shape index (κ2) is 7.60. The molecular formula is C10H19N. The van der Waals surface area contributed by atoms with Crippen molar-refractivity contribution < 1.29 is 0 Å². The summed E-state index contributed by atoms with van der Waals surface area (Å²) in [7, 11) is 0. The Morgan fingerprint density at radius 2 is 1.73 bits per heavy atom. The standard InChI is InChI=1S/C7H14.C3H5N/c1-7-5-3-2-4-6-7;1-2-3-4/h7H,2-6H2,1H3;2H2,1H3. The Balaban J connectivity index is 0.000000218. The smallest absolute Gasteiger partial charge is 0.0618 e. The minimum absolute atomic E-state index is 0.625. The van der Waals surface area contributed by atoms with E-state index in [0.717, 1.165) is 5.92 Å². The molecule has 1 aliphatic rings. The van der Waals surface area contributed by atoms with Crippen molar-refractivity contribution in [3.8, 4) is 6.07 Å². The zero-order valence-corrected chi connectivity index (χ0v) is 7.77. The minimum Gasteiger partial charge on any atom is -0.198 e. The molecule has 0 heterocycles. The van der Waals surface area contributed by atoms with Crippen LogP contribution in [0.25, 0.3) is 0 Å². The van der Waals surface area contributed by atoms with Crippen molar-refractivity contribution in [2.45, 2.75) is 52.4 Å². The highest BCUT2D eigenvalue weighted by atomic mass is 14.2. The lowest BCUT2D eigenvalue weighted by Gasteiger charge is -2.15. The maximum atomic E-state index is 7.62. The fourth-order valence-electron chi connectivity index (χ4n) is 1.31. The molecule has 0 aromatic heterocycles. The summed E-state index contributed by atoms with van der Waals surface area (Å²) in [6.07, 6.45) is 8.06. The van der Waals surface area contributed by atoms with E-state index in [4.69, 9.17) is 5.26 Å². The van der Waals surface area contributed by atoms with Gasteiger partial charge in [-0.2, -0.15) is 5.26 Å². The van der Waals surface area contributed by atoms with Gasteiger partial charge in [0.25, 0.3) is 0 Å². The predicted octanol–water partition coefficient (Wildman–Crippen LogP) is 3.51. The summed E-state index contributed by atoms with van der Waals surface area (Å²) >= 11 is 0. The molecule has 0 aromatic carbocycles. The summed E-state index contributed by atoms with van der Waals surface area (Å²) in [5.74, 6) is 1.04. The largest absolute Gasteiger partial charge is 0.198 e. The van der Waals surface area contributed by atoms with Crippen molar-refractivity contribution in [1.82, 2.24) is 0 Å². The van der Waals surface area contributed by atoms with Crippen molar-refractivity contribution in [2.75, 3.05) is 0 Å². The van der Waals surface area contributed by atoms with Gasteiger partial charge in [-0.25, -0.2) is 0 Å². The zero-order chi connectivity index (χ0) is 8.53. The molecule has 0 atom stereocenters. The number of hydrogen-bond donors (Lipinski definition) is 0. The number of nitrogens with zero attached hydrogens (tertiary/aromatic N) is 1. The Morgan fingerprint density at radius 3 is 1.91 bits per heavy atom. The SMILES string of the molecule is CC1CCCCC1.CCC#N. The molecule has 0 aromatic rings. The van der Waals surface area contributed by atoms with E-state index in [1.807, 2.05) is 13.0 Å². The van der Waals surface area contributed by atoms with Gasteiger partial charge >= 0.3 is 0 Å². The van der Waals surface area contributed by atoms with Crippen LogP contribution in [0.2, 0.25) is 0 Å². The summed E-state index contributed by atoms with van der Waals surface area (Å²) < 4.78 is 0. The van der Waals surface area contributed by atoms with Crippen LogP contribution in [0.15, 0.2) is 0 Å². The van der Waals surface area contributed by atoms with Crippen molar-refractivity contribution >= 4 is 0 Å². The second-order valence-corrected chi connectivity index (χ2v) is 3.25. The van der Waals surface area contributed by atoms with E-state index in [1.165, 1.54) is 32.1 Å². The lowest BCUT2D eigenvalue weighted by molar-refractivity contribution is 0.385. The molecule has 0 aliphatic heterocycles. The van der Waals surface area contributed by atoms with E-state index in [1.54, 1.807) is 0 Å². The van der Waals surface area contributed by atoms with Crippen LogP contribution in [0.3, 0.4) is 0 Å². The van der Waals surface area contributed by atoms with Gasteiger partial charge in [-0.15, -0.1) is 0 Å². The minimum atomic E-state index is 0.625. The van der Waals surface area contributed by atoms with Gasteiger partial charge in [0.05, 0.1) is 6.07 Å². The normalized spacial score (nSPS) is 17.9. The van der Waals surface area contributed by atoms with Gasteiger partial charge in [0.15, 0.2) is 0 Å². The van der Waals surface area contributed by atoms with Gasteiger partial charge in [-0.05, 0) is 5.92 Å². The molecule has 0 bridgehead atoms. The highest BCUT2D eigenvalue weighted by molar-refractivity contribution is 4.62.